The fraction of sp³-hybridized carbons (Fsp3) is 0.364. The molecule has 3 rings (SSSR count). The Morgan fingerprint density at radius 3 is 2.11 bits per heavy atom. The SMILES string of the molecule is CSCC(=O)NCc1ccc(C2=NOC(c3cc(C(F)(F)F)cc(C(F)(F)F)c3)(C(F)(F)F)C2)cc1Br. The number of carbonyl (C=O) groups excluding carboxylic acids is 1. The Bertz CT molecular complexity index is 1180. The van der Waals surface area contributed by atoms with Crippen LogP contribution in [0, 0.1) is 0 Å². The molecule has 0 aliphatic carbocycles. The maximum Gasteiger partial charge on any atom is 0.435 e. The number of nitrogens with zero attached hydrogens (tertiary/aromatic N) is 1. The molecule has 1 unspecified atom stereocenters. The highest BCUT2D eigenvalue weighted by Crippen LogP contribution is 2.51. The molecule has 0 radical (unpaired) electrons. The summed E-state index contributed by atoms with van der Waals surface area (Å²) in [6, 6.07) is 3.88. The molecule has 2 aromatic carbocycles. The van der Waals surface area contributed by atoms with Crippen molar-refractivity contribution in [1.82, 2.24) is 5.32 Å². The molecule has 1 heterocycles. The molecule has 4 nitrogen and oxygen atoms in total. The zero-order valence-corrected chi connectivity index (χ0v) is 20.9. The third kappa shape index (κ3) is 6.36. The lowest BCUT2D eigenvalue weighted by molar-refractivity contribution is -0.276. The predicted octanol–water partition coefficient (Wildman–Crippen LogP) is 7.05. The van der Waals surface area contributed by atoms with Gasteiger partial charge in [0, 0.05) is 28.6 Å². The number of halogens is 10. The fourth-order valence-electron chi connectivity index (χ4n) is 3.49. The molecule has 1 N–H and O–H groups in total. The summed E-state index contributed by atoms with van der Waals surface area (Å²) < 4.78 is 123. The van der Waals surface area contributed by atoms with Gasteiger partial charge in [0.15, 0.2) is 0 Å². The number of benzene rings is 2. The number of rotatable bonds is 6. The van der Waals surface area contributed by atoms with Gasteiger partial charge >= 0.3 is 18.5 Å². The lowest BCUT2D eigenvalue weighted by atomic mass is 9.84. The summed E-state index contributed by atoms with van der Waals surface area (Å²) in [7, 11) is 0. The second-order valence-corrected chi connectivity index (χ2v) is 9.66. The Balaban J connectivity index is 1.98. The molecule has 0 spiro atoms. The van der Waals surface area contributed by atoms with Crippen molar-refractivity contribution in [2.24, 2.45) is 5.16 Å². The first-order valence-electron chi connectivity index (χ1n) is 10.1. The summed E-state index contributed by atoms with van der Waals surface area (Å²) in [6.07, 6.45) is -15.6. The van der Waals surface area contributed by atoms with Crippen LogP contribution < -0.4 is 5.32 Å². The second kappa shape index (κ2) is 10.4. The summed E-state index contributed by atoms with van der Waals surface area (Å²) in [6.45, 7) is 0.0974. The van der Waals surface area contributed by atoms with Crippen LogP contribution in [0.15, 0.2) is 46.0 Å². The number of amides is 1. The van der Waals surface area contributed by atoms with E-state index >= 15 is 0 Å². The van der Waals surface area contributed by atoms with Crippen LogP contribution in [0.3, 0.4) is 0 Å². The lowest BCUT2D eigenvalue weighted by Crippen LogP contribution is -2.43. The molecule has 0 saturated heterocycles. The van der Waals surface area contributed by atoms with Crippen molar-refractivity contribution in [2.45, 2.75) is 37.1 Å². The summed E-state index contributed by atoms with van der Waals surface area (Å²) in [5.74, 6) is -0.0269. The first kappa shape index (κ1) is 29.1. The first-order chi connectivity index (χ1) is 17.0. The van der Waals surface area contributed by atoms with Gasteiger partial charge in [-0.3, -0.25) is 4.79 Å². The maximum atomic E-state index is 14.2. The van der Waals surface area contributed by atoms with E-state index in [1.807, 2.05) is 0 Å². The minimum absolute atomic E-state index is 0.0164. The van der Waals surface area contributed by atoms with E-state index in [0.29, 0.717) is 10.0 Å². The number of carbonyl (C=O) groups is 1. The normalized spacial score (nSPS) is 18.4. The maximum absolute atomic E-state index is 14.2. The Labute approximate surface area is 216 Å². The Hall–Kier alpha value is -2.42. The number of hydrogen-bond acceptors (Lipinski definition) is 4. The number of alkyl halides is 9. The summed E-state index contributed by atoms with van der Waals surface area (Å²) in [5.41, 5.74) is -8.48. The van der Waals surface area contributed by atoms with Gasteiger partial charge in [-0.15, -0.1) is 0 Å². The monoisotopic (exact) mass is 622 g/mol. The van der Waals surface area contributed by atoms with Crippen molar-refractivity contribution < 1.29 is 49.1 Å². The van der Waals surface area contributed by atoms with Crippen molar-refractivity contribution in [3.8, 4) is 0 Å². The highest BCUT2D eigenvalue weighted by molar-refractivity contribution is 9.10. The van der Waals surface area contributed by atoms with Crippen LogP contribution >= 0.6 is 27.7 Å². The summed E-state index contributed by atoms with van der Waals surface area (Å²) >= 11 is 4.54. The Morgan fingerprint density at radius 1 is 1.03 bits per heavy atom. The minimum atomic E-state index is -5.43. The van der Waals surface area contributed by atoms with E-state index in [0.717, 1.165) is 0 Å². The lowest BCUT2D eigenvalue weighted by Gasteiger charge is -2.30. The van der Waals surface area contributed by atoms with Crippen LogP contribution in [-0.2, 0) is 34.1 Å². The standard InChI is InChI=1S/C22H16BrF9N2O2S/c1-37-10-18(35)33-9-12-3-2-11(4-16(12)23)17-8-19(36-34-17,22(30,31)32)13-5-14(20(24,25)26)7-15(6-13)21(27,28)29/h2-7H,8-10H2,1H3,(H,33,35). The zero-order valence-electron chi connectivity index (χ0n) is 18.5. The third-order valence-corrected chi connectivity index (χ3v) is 6.67. The van der Waals surface area contributed by atoms with Gasteiger partial charge < -0.3 is 10.2 Å². The smallest absolute Gasteiger partial charge is 0.374 e. The number of oxime groups is 1. The highest BCUT2D eigenvalue weighted by atomic mass is 79.9. The van der Waals surface area contributed by atoms with E-state index < -0.39 is 47.2 Å². The largest absolute Gasteiger partial charge is 0.435 e. The number of nitrogens with one attached hydrogen (secondary N) is 1. The van der Waals surface area contributed by atoms with Gasteiger partial charge in [0.1, 0.15) is 0 Å². The molecular weight excluding hydrogens is 607 g/mol. The van der Waals surface area contributed by atoms with Gasteiger partial charge in [-0.2, -0.15) is 51.3 Å². The van der Waals surface area contributed by atoms with Crippen LogP contribution in [0.2, 0.25) is 0 Å². The molecule has 0 bridgehead atoms. The molecule has 0 fully saturated rings. The fourth-order valence-corrected chi connectivity index (χ4v) is 4.38. The predicted molar refractivity (Wildman–Crippen MR) is 121 cm³/mol. The molecule has 2 aromatic rings. The number of hydrogen-bond donors (Lipinski definition) is 1. The van der Waals surface area contributed by atoms with E-state index in [4.69, 9.17) is 0 Å². The van der Waals surface area contributed by atoms with Gasteiger partial charge in [-0.05, 0) is 36.1 Å². The molecule has 0 aromatic heterocycles. The van der Waals surface area contributed by atoms with Crippen molar-refractivity contribution in [1.29, 1.82) is 0 Å². The molecule has 1 aliphatic rings. The average molecular weight is 623 g/mol. The Kier molecular flexibility index (Phi) is 8.18. The molecule has 37 heavy (non-hydrogen) atoms. The van der Waals surface area contributed by atoms with E-state index in [9.17, 15) is 44.3 Å². The van der Waals surface area contributed by atoms with Crippen molar-refractivity contribution in [3.63, 3.8) is 0 Å². The van der Waals surface area contributed by atoms with E-state index in [1.165, 1.54) is 30.0 Å². The van der Waals surface area contributed by atoms with Crippen LogP contribution in [0.1, 0.15) is 34.2 Å². The van der Waals surface area contributed by atoms with E-state index in [2.05, 4.69) is 31.2 Å². The van der Waals surface area contributed by atoms with Gasteiger partial charge in [-0.1, -0.05) is 33.2 Å². The summed E-state index contributed by atoms with van der Waals surface area (Å²) in [5, 5.41) is 6.04. The van der Waals surface area contributed by atoms with Gasteiger partial charge in [-0.25, -0.2) is 0 Å². The van der Waals surface area contributed by atoms with E-state index in [-0.39, 0.29) is 47.7 Å². The molecule has 1 amide bonds. The Morgan fingerprint density at radius 2 is 1.62 bits per heavy atom. The second-order valence-electron chi connectivity index (χ2n) is 7.94. The molecule has 202 valence electrons. The third-order valence-electron chi connectivity index (χ3n) is 5.38. The molecular formula is C22H16BrF9N2O2S. The molecule has 15 heteroatoms. The van der Waals surface area contributed by atoms with Crippen LogP contribution in [0.5, 0.6) is 0 Å². The van der Waals surface area contributed by atoms with Crippen LogP contribution in [-0.4, -0.2) is 29.8 Å². The van der Waals surface area contributed by atoms with E-state index in [1.54, 1.807) is 6.26 Å². The molecule has 1 atom stereocenters. The summed E-state index contributed by atoms with van der Waals surface area (Å²) in [4.78, 5) is 16.3. The van der Waals surface area contributed by atoms with Gasteiger partial charge in [0.05, 0.1) is 22.6 Å². The zero-order chi connectivity index (χ0) is 27.8. The number of thioether (sulfide) groups is 1. The van der Waals surface area contributed by atoms with Crippen LogP contribution in [0.25, 0.3) is 0 Å². The van der Waals surface area contributed by atoms with Crippen molar-refractivity contribution in [3.05, 3.63) is 68.7 Å². The van der Waals surface area contributed by atoms with Crippen molar-refractivity contribution in [2.75, 3.05) is 12.0 Å². The topological polar surface area (TPSA) is 50.7 Å². The quantitative estimate of drug-likeness (QED) is 0.351. The van der Waals surface area contributed by atoms with Gasteiger partial charge in [0.2, 0.25) is 5.91 Å². The van der Waals surface area contributed by atoms with Crippen molar-refractivity contribution >= 4 is 39.3 Å². The highest BCUT2D eigenvalue weighted by Gasteiger charge is 2.63. The van der Waals surface area contributed by atoms with Gasteiger partial charge in [0.25, 0.3) is 5.60 Å². The minimum Gasteiger partial charge on any atom is -0.374 e. The van der Waals surface area contributed by atoms with Crippen LogP contribution in [0.4, 0.5) is 39.5 Å². The molecule has 1 aliphatic heterocycles. The first-order valence-corrected chi connectivity index (χ1v) is 12.3. The average Bonchev–Trinajstić information content (AvgIpc) is 3.24. The molecule has 0 saturated carbocycles.